The SMILES string of the molecule is O=C(O)[C@@H](F)C[C@H]1CCCO1. The van der Waals surface area contributed by atoms with Gasteiger partial charge in [0.2, 0.25) is 0 Å². The number of rotatable bonds is 3. The number of carbonyl (C=O) groups is 1. The van der Waals surface area contributed by atoms with Gasteiger partial charge in [-0.2, -0.15) is 0 Å². The number of aliphatic carboxylic acids is 1. The maximum absolute atomic E-state index is 12.5. The third-order valence-electron chi connectivity index (χ3n) is 1.76. The van der Waals surface area contributed by atoms with Crippen LogP contribution >= 0.6 is 0 Å². The fraction of sp³-hybridized carbons (Fsp3) is 0.857. The maximum atomic E-state index is 12.5. The zero-order valence-corrected chi connectivity index (χ0v) is 6.12. The van der Waals surface area contributed by atoms with Crippen molar-refractivity contribution in [3.05, 3.63) is 0 Å². The van der Waals surface area contributed by atoms with Gasteiger partial charge in [-0.1, -0.05) is 0 Å². The molecule has 4 heteroatoms. The molecule has 0 bridgehead atoms. The molecule has 2 atom stereocenters. The summed E-state index contributed by atoms with van der Waals surface area (Å²) in [5.74, 6) is -1.39. The Morgan fingerprint density at radius 1 is 1.82 bits per heavy atom. The molecule has 0 aromatic rings. The van der Waals surface area contributed by atoms with Crippen LogP contribution in [0, 0.1) is 0 Å². The van der Waals surface area contributed by atoms with E-state index >= 15 is 0 Å². The fourth-order valence-electron chi connectivity index (χ4n) is 1.16. The van der Waals surface area contributed by atoms with Crippen molar-refractivity contribution in [2.75, 3.05) is 6.61 Å². The van der Waals surface area contributed by atoms with E-state index in [1.54, 1.807) is 0 Å². The predicted octanol–water partition coefficient (Wildman–Crippen LogP) is 0.978. The zero-order valence-electron chi connectivity index (χ0n) is 6.12. The maximum Gasteiger partial charge on any atom is 0.338 e. The Kier molecular flexibility index (Phi) is 2.82. The summed E-state index contributed by atoms with van der Waals surface area (Å²) >= 11 is 0. The molecule has 1 aliphatic rings. The molecule has 11 heavy (non-hydrogen) atoms. The number of ether oxygens (including phenoxy) is 1. The number of hydrogen-bond donors (Lipinski definition) is 1. The van der Waals surface area contributed by atoms with E-state index in [2.05, 4.69) is 0 Å². The van der Waals surface area contributed by atoms with Crippen molar-refractivity contribution in [1.82, 2.24) is 0 Å². The lowest BCUT2D eigenvalue weighted by Crippen LogP contribution is -2.21. The molecule has 64 valence electrons. The average molecular weight is 162 g/mol. The first-order valence-electron chi connectivity index (χ1n) is 3.68. The third-order valence-corrected chi connectivity index (χ3v) is 1.76. The Hall–Kier alpha value is -0.640. The summed E-state index contributed by atoms with van der Waals surface area (Å²) in [6.07, 6.45) is -0.251. The van der Waals surface area contributed by atoms with Gasteiger partial charge < -0.3 is 9.84 Å². The van der Waals surface area contributed by atoms with E-state index in [1.807, 2.05) is 0 Å². The van der Waals surface area contributed by atoms with Crippen LogP contribution in [0.1, 0.15) is 19.3 Å². The lowest BCUT2D eigenvalue weighted by molar-refractivity contribution is -0.144. The number of carboxylic acid groups (broad SMARTS) is 1. The summed E-state index contributed by atoms with van der Waals surface area (Å²) in [4.78, 5) is 10.1. The second kappa shape index (κ2) is 3.67. The van der Waals surface area contributed by atoms with Gasteiger partial charge in [0, 0.05) is 13.0 Å². The molecular weight excluding hydrogens is 151 g/mol. The van der Waals surface area contributed by atoms with Gasteiger partial charge in [-0.05, 0) is 12.8 Å². The highest BCUT2D eigenvalue weighted by molar-refractivity contribution is 5.72. The first-order valence-corrected chi connectivity index (χ1v) is 3.68. The van der Waals surface area contributed by atoms with Crippen LogP contribution in [0.2, 0.25) is 0 Å². The summed E-state index contributed by atoms with van der Waals surface area (Å²) < 4.78 is 17.6. The highest BCUT2D eigenvalue weighted by atomic mass is 19.1. The van der Waals surface area contributed by atoms with Crippen LogP contribution in [0.3, 0.4) is 0 Å². The molecule has 0 spiro atoms. The van der Waals surface area contributed by atoms with Crippen molar-refractivity contribution in [3.8, 4) is 0 Å². The van der Waals surface area contributed by atoms with E-state index in [9.17, 15) is 9.18 Å². The lowest BCUT2D eigenvalue weighted by atomic mass is 10.1. The van der Waals surface area contributed by atoms with Crippen molar-refractivity contribution in [2.45, 2.75) is 31.5 Å². The van der Waals surface area contributed by atoms with Gasteiger partial charge in [-0.3, -0.25) is 0 Å². The van der Waals surface area contributed by atoms with Crippen LogP contribution in [-0.2, 0) is 9.53 Å². The Morgan fingerprint density at radius 2 is 2.55 bits per heavy atom. The van der Waals surface area contributed by atoms with Crippen LogP contribution in [0.25, 0.3) is 0 Å². The van der Waals surface area contributed by atoms with Gasteiger partial charge in [-0.25, -0.2) is 9.18 Å². The van der Waals surface area contributed by atoms with Crippen molar-refractivity contribution in [2.24, 2.45) is 0 Å². The molecule has 1 N–H and O–H groups in total. The smallest absolute Gasteiger partial charge is 0.338 e. The molecule has 0 amide bonds. The highest BCUT2D eigenvalue weighted by Crippen LogP contribution is 2.18. The van der Waals surface area contributed by atoms with E-state index in [0.29, 0.717) is 6.61 Å². The van der Waals surface area contributed by atoms with Gasteiger partial charge in [0.25, 0.3) is 0 Å². The molecule has 0 aliphatic carbocycles. The fourth-order valence-corrected chi connectivity index (χ4v) is 1.16. The Morgan fingerprint density at radius 3 is 3.00 bits per heavy atom. The van der Waals surface area contributed by atoms with E-state index in [1.165, 1.54) is 0 Å². The molecular formula is C7H11FO3. The largest absolute Gasteiger partial charge is 0.479 e. The van der Waals surface area contributed by atoms with Crippen molar-refractivity contribution < 1.29 is 19.0 Å². The monoisotopic (exact) mass is 162 g/mol. The summed E-state index contributed by atoms with van der Waals surface area (Å²) in [5.41, 5.74) is 0. The van der Waals surface area contributed by atoms with Crippen LogP contribution in [-0.4, -0.2) is 30.0 Å². The summed E-state index contributed by atoms with van der Waals surface area (Å²) in [7, 11) is 0. The number of halogens is 1. The predicted molar refractivity (Wildman–Crippen MR) is 36.1 cm³/mol. The van der Waals surface area contributed by atoms with Crippen LogP contribution in [0.4, 0.5) is 4.39 Å². The molecule has 0 radical (unpaired) electrons. The van der Waals surface area contributed by atoms with Gasteiger partial charge in [0.1, 0.15) is 0 Å². The zero-order chi connectivity index (χ0) is 8.27. The first kappa shape index (κ1) is 8.46. The van der Waals surface area contributed by atoms with Gasteiger partial charge in [0.15, 0.2) is 6.17 Å². The molecule has 0 saturated carbocycles. The number of alkyl halides is 1. The summed E-state index contributed by atoms with van der Waals surface area (Å²) in [6, 6.07) is 0. The Bertz CT molecular complexity index is 143. The second-order valence-electron chi connectivity index (χ2n) is 2.68. The van der Waals surface area contributed by atoms with Gasteiger partial charge in [0.05, 0.1) is 6.10 Å². The lowest BCUT2D eigenvalue weighted by Gasteiger charge is -2.09. The first-order chi connectivity index (χ1) is 5.20. The van der Waals surface area contributed by atoms with E-state index in [0.717, 1.165) is 12.8 Å². The summed E-state index contributed by atoms with van der Waals surface area (Å²) in [6.45, 7) is 0.636. The molecule has 0 aromatic carbocycles. The minimum absolute atomic E-state index is 0.00463. The molecule has 1 saturated heterocycles. The molecule has 0 unspecified atom stereocenters. The normalized spacial score (nSPS) is 26.8. The quantitative estimate of drug-likeness (QED) is 0.672. The number of carboxylic acids is 1. The highest BCUT2D eigenvalue weighted by Gasteiger charge is 2.24. The van der Waals surface area contributed by atoms with Gasteiger partial charge >= 0.3 is 5.97 Å². The molecule has 1 rings (SSSR count). The third kappa shape index (κ3) is 2.46. The molecule has 0 aromatic heterocycles. The number of hydrogen-bond acceptors (Lipinski definition) is 2. The second-order valence-corrected chi connectivity index (χ2v) is 2.68. The van der Waals surface area contributed by atoms with E-state index < -0.39 is 12.1 Å². The van der Waals surface area contributed by atoms with Crippen molar-refractivity contribution in [1.29, 1.82) is 0 Å². The van der Waals surface area contributed by atoms with Crippen LogP contribution in [0.5, 0.6) is 0 Å². The molecule has 1 fully saturated rings. The molecule has 1 aliphatic heterocycles. The topological polar surface area (TPSA) is 46.5 Å². The van der Waals surface area contributed by atoms with Crippen LogP contribution in [0.15, 0.2) is 0 Å². The Labute approximate surface area is 64.2 Å². The standard InChI is InChI=1S/C7H11FO3/c8-6(7(9)10)4-5-2-1-3-11-5/h5-6H,1-4H2,(H,9,10)/t5-,6+/m1/s1. The van der Waals surface area contributed by atoms with Crippen molar-refractivity contribution >= 4 is 5.97 Å². The van der Waals surface area contributed by atoms with E-state index in [-0.39, 0.29) is 12.5 Å². The minimum atomic E-state index is -1.77. The molecule has 1 heterocycles. The van der Waals surface area contributed by atoms with Crippen LogP contribution < -0.4 is 0 Å². The minimum Gasteiger partial charge on any atom is -0.479 e. The summed E-state index contributed by atoms with van der Waals surface area (Å²) in [5, 5.41) is 8.21. The van der Waals surface area contributed by atoms with Gasteiger partial charge in [-0.15, -0.1) is 0 Å². The average Bonchev–Trinajstić information content (AvgIpc) is 2.39. The van der Waals surface area contributed by atoms with E-state index in [4.69, 9.17) is 9.84 Å². The molecule has 3 nitrogen and oxygen atoms in total. The Balaban J connectivity index is 2.23. The van der Waals surface area contributed by atoms with Crippen molar-refractivity contribution in [3.63, 3.8) is 0 Å².